The fraction of sp³-hybridized carbons (Fsp3) is 0.0526. The fourth-order valence-corrected chi connectivity index (χ4v) is 2.31. The summed E-state index contributed by atoms with van der Waals surface area (Å²) in [7, 11) is 1.66. The molecule has 0 N–H and O–H groups in total. The van der Waals surface area contributed by atoms with Crippen molar-refractivity contribution in [3.05, 3.63) is 72.1 Å². The van der Waals surface area contributed by atoms with E-state index in [-0.39, 0.29) is 0 Å². The van der Waals surface area contributed by atoms with Crippen LogP contribution >= 0.6 is 0 Å². The largest absolute Gasteiger partial charge is 0.497 e. The van der Waals surface area contributed by atoms with Gasteiger partial charge < -0.3 is 4.74 Å². The van der Waals surface area contributed by atoms with Crippen molar-refractivity contribution in [3.63, 3.8) is 0 Å². The predicted octanol–water partition coefficient (Wildman–Crippen LogP) is 4.31. The molecule has 0 atom stereocenters. The molecule has 0 radical (unpaired) electrons. The van der Waals surface area contributed by atoms with Crippen molar-refractivity contribution in [2.75, 3.05) is 7.11 Å². The maximum absolute atomic E-state index is 9.35. The standard InChI is InChI=1S/C19H14N2O/c1-22-18-8-7-15-10-14(5-6-16(15)12-18)11-17(13-20)19-4-2-3-9-21-19/h2-12H,1H3/b17-11+. The highest BCUT2D eigenvalue weighted by atomic mass is 16.5. The van der Waals surface area contributed by atoms with E-state index in [1.54, 1.807) is 13.3 Å². The third kappa shape index (κ3) is 2.82. The SMILES string of the molecule is COc1ccc2cc(/C=C(\C#N)c3ccccn3)ccc2c1. The Hall–Kier alpha value is -3.12. The van der Waals surface area contributed by atoms with Crippen LogP contribution in [0.2, 0.25) is 0 Å². The van der Waals surface area contributed by atoms with E-state index in [0.717, 1.165) is 22.1 Å². The summed E-state index contributed by atoms with van der Waals surface area (Å²) in [6, 6.07) is 19.8. The van der Waals surface area contributed by atoms with Crippen LogP contribution < -0.4 is 4.74 Å². The Morgan fingerprint density at radius 1 is 1.09 bits per heavy atom. The van der Waals surface area contributed by atoms with Crippen molar-refractivity contribution in [1.29, 1.82) is 5.26 Å². The maximum Gasteiger partial charge on any atom is 0.119 e. The van der Waals surface area contributed by atoms with Crippen molar-refractivity contribution in [2.24, 2.45) is 0 Å². The fourth-order valence-electron chi connectivity index (χ4n) is 2.31. The number of nitrogens with zero attached hydrogens (tertiary/aromatic N) is 2. The van der Waals surface area contributed by atoms with Crippen molar-refractivity contribution >= 4 is 22.4 Å². The number of allylic oxidation sites excluding steroid dienone is 1. The van der Waals surface area contributed by atoms with Gasteiger partial charge >= 0.3 is 0 Å². The smallest absolute Gasteiger partial charge is 0.119 e. The number of nitriles is 1. The summed E-state index contributed by atoms with van der Waals surface area (Å²) in [6.07, 6.45) is 3.54. The van der Waals surface area contributed by atoms with E-state index in [0.29, 0.717) is 11.3 Å². The summed E-state index contributed by atoms with van der Waals surface area (Å²) in [6.45, 7) is 0. The number of hydrogen-bond acceptors (Lipinski definition) is 3. The van der Waals surface area contributed by atoms with Crippen molar-refractivity contribution in [2.45, 2.75) is 0 Å². The lowest BCUT2D eigenvalue weighted by molar-refractivity contribution is 0.415. The molecular formula is C19H14N2O. The molecule has 0 saturated heterocycles. The monoisotopic (exact) mass is 286 g/mol. The van der Waals surface area contributed by atoms with Gasteiger partial charge in [-0.05, 0) is 52.7 Å². The van der Waals surface area contributed by atoms with Gasteiger partial charge in [0.05, 0.1) is 18.4 Å². The van der Waals surface area contributed by atoms with Gasteiger partial charge in [0, 0.05) is 6.20 Å². The lowest BCUT2D eigenvalue weighted by Gasteiger charge is -2.04. The zero-order valence-corrected chi connectivity index (χ0v) is 12.2. The van der Waals surface area contributed by atoms with Crippen LogP contribution in [0, 0.1) is 11.3 Å². The van der Waals surface area contributed by atoms with Gasteiger partial charge in [-0.15, -0.1) is 0 Å². The molecule has 3 aromatic rings. The zero-order valence-electron chi connectivity index (χ0n) is 12.2. The lowest BCUT2D eigenvalue weighted by atomic mass is 10.0. The van der Waals surface area contributed by atoms with Crippen LogP contribution in [0.5, 0.6) is 5.75 Å². The summed E-state index contributed by atoms with van der Waals surface area (Å²) in [5.74, 6) is 0.835. The second kappa shape index (κ2) is 6.11. The van der Waals surface area contributed by atoms with E-state index in [1.165, 1.54) is 0 Å². The van der Waals surface area contributed by atoms with Gasteiger partial charge in [0.1, 0.15) is 11.8 Å². The van der Waals surface area contributed by atoms with Crippen LogP contribution in [0.15, 0.2) is 60.8 Å². The Bertz CT molecular complexity index is 877. The van der Waals surface area contributed by atoms with Gasteiger partial charge in [-0.3, -0.25) is 4.98 Å². The van der Waals surface area contributed by atoms with Crippen LogP contribution in [0.25, 0.3) is 22.4 Å². The van der Waals surface area contributed by atoms with Gasteiger partial charge in [0.2, 0.25) is 0 Å². The van der Waals surface area contributed by atoms with Crippen LogP contribution in [-0.4, -0.2) is 12.1 Å². The molecule has 0 bridgehead atoms. The second-order valence-corrected chi connectivity index (χ2v) is 4.86. The van der Waals surface area contributed by atoms with Crippen LogP contribution in [0.1, 0.15) is 11.3 Å². The number of benzene rings is 2. The third-order valence-electron chi connectivity index (χ3n) is 3.44. The Morgan fingerprint density at radius 3 is 2.64 bits per heavy atom. The van der Waals surface area contributed by atoms with Crippen molar-refractivity contribution < 1.29 is 4.74 Å². The molecule has 0 fully saturated rings. The average Bonchev–Trinajstić information content (AvgIpc) is 2.59. The number of rotatable bonds is 3. The van der Waals surface area contributed by atoms with Gasteiger partial charge in [0.25, 0.3) is 0 Å². The van der Waals surface area contributed by atoms with E-state index >= 15 is 0 Å². The minimum atomic E-state index is 0.550. The molecule has 0 saturated carbocycles. The minimum Gasteiger partial charge on any atom is -0.497 e. The zero-order chi connectivity index (χ0) is 15.4. The Balaban J connectivity index is 2.03. The normalized spacial score (nSPS) is 11.2. The predicted molar refractivity (Wildman–Crippen MR) is 88.2 cm³/mol. The van der Waals surface area contributed by atoms with Gasteiger partial charge in [-0.25, -0.2) is 0 Å². The molecule has 3 rings (SSSR count). The van der Waals surface area contributed by atoms with E-state index < -0.39 is 0 Å². The Morgan fingerprint density at radius 2 is 1.91 bits per heavy atom. The number of fused-ring (bicyclic) bond motifs is 1. The summed E-state index contributed by atoms with van der Waals surface area (Å²) in [5.41, 5.74) is 2.20. The summed E-state index contributed by atoms with van der Waals surface area (Å²) in [4.78, 5) is 4.22. The number of ether oxygens (including phenoxy) is 1. The second-order valence-electron chi connectivity index (χ2n) is 4.86. The highest BCUT2D eigenvalue weighted by Crippen LogP contribution is 2.24. The molecule has 0 unspecified atom stereocenters. The number of pyridine rings is 1. The highest BCUT2D eigenvalue weighted by molar-refractivity contribution is 5.92. The van der Waals surface area contributed by atoms with E-state index in [2.05, 4.69) is 17.1 Å². The maximum atomic E-state index is 9.35. The van der Waals surface area contributed by atoms with E-state index in [4.69, 9.17) is 4.74 Å². The molecular weight excluding hydrogens is 272 g/mol. The lowest BCUT2D eigenvalue weighted by Crippen LogP contribution is -1.86. The molecule has 1 aromatic heterocycles. The summed E-state index contributed by atoms with van der Waals surface area (Å²) >= 11 is 0. The molecule has 0 aliphatic rings. The molecule has 3 heteroatoms. The van der Waals surface area contributed by atoms with Crippen LogP contribution in [0.4, 0.5) is 0 Å². The topological polar surface area (TPSA) is 45.9 Å². The molecule has 0 spiro atoms. The quantitative estimate of drug-likeness (QED) is 0.674. The van der Waals surface area contributed by atoms with Crippen molar-refractivity contribution in [3.8, 4) is 11.8 Å². The third-order valence-corrected chi connectivity index (χ3v) is 3.44. The van der Waals surface area contributed by atoms with Crippen LogP contribution in [0.3, 0.4) is 0 Å². The summed E-state index contributed by atoms with van der Waals surface area (Å²) < 4.78 is 5.23. The first-order valence-corrected chi connectivity index (χ1v) is 6.91. The average molecular weight is 286 g/mol. The van der Waals surface area contributed by atoms with Gasteiger partial charge in [-0.2, -0.15) is 5.26 Å². The Labute approximate surface area is 129 Å². The molecule has 3 nitrogen and oxygen atoms in total. The first-order valence-electron chi connectivity index (χ1n) is 6.91. The van der Waals surface area contributed by atoms with E-state index in [1.807, 2.05) is 54.6 Å². The number of aromatic nitrogens is 1. The highest BCUT2D eigenvalue weighted by Gasteiger charge is 2.03. The summed E-state index contributed by atoms with van der Waals surface area (Å²) in [5, 5.41) is 11.6. The molecule has 2 aromatic carbocycles. The first-order chi connectivity index (χ1) is 10.8. The molecule has 22 heavy (non-hydrogen) atoms. The molecule has 1 heterocycles. The molecule has 106 valence electrons. The van der Waals surface area contributed by atoms with Crippen molar-refractivity contribution in [1.82, 2.24) is 4.98 Å². The van der Waals surface area contributed by atoms with Gasteiger partial charge in [-0.1, -0.05) is 24.3 Å². The Kier molecular flexibility index (Phi) is 3.84. The van der Waals surface area contributed by atoms with Crippen LogP contribution in [-0.2, 0) is 0 Å². The van der Waals surface area contributed by atoms with Gasteiger partial charge in [0.15, 0.2) is 0 Å². The molecule has 0 amide bonds. The number of hydrogen-bond donors (Lipinski definition) is 0. The molecule has 0 aliphatic heterocycles. The first kappa shape index (κ1) is 13.8. The number of methoxy groups -OCH3 is 1. The molecule has 0 aliphatic carbocycles. The van der Waals surface area contributed by atoms with E-state index in [9.17, 15) is 5.26 Å². The minimum absolute atomic E-state index is 0.550.